The number of hydrogen-bond donors (Lipinski definition) is 3. The van der Waals surface area contributed by atoms with Crippen LogP contribution in [0.1, 0.15) is 76.3 Å². The van der Waals surface area contributed by atoms with Crippen LogP contribution in [0, 0.1) is 28.6 Å². The fraction of sp³-hybridized carbons (Fsp3) is 0.778. The SMILES string of the molecule is CC(=O)NC1CC(N(CCCCS(=O)(=O)O)CCCCS(=O)(=O)O)CCC1N=Nc1c(C#N)cnn1C1C(Cl)CC(C#N)CC1Cl. The highest BCUT2D eigenvalue weighted by Gasteiger charge is 2.40. The van der Waals surface area contributed by atoms with Crippen molar-refractivity contribution in [3.05, 3.63) is 11.8 Å². The minimum Gasteiger partial charge on any atom is -0.351 e. The molecule has 1 amide bonds. The minimum atomic E-state index is -4.10. The van der Waals surface area contributed by atoms with Gasteiger partial charge in [0, 0.05) is 18.9 Å². The molecule has 0 aliphatic heterocycles. The Morgan fingerprint density at radius 1 is 1.04 bits per heavy atom. The van der Waals surface area contributed by atoms with Gasteiger partial charge in [-0.05, 0) is 70.9 Å². The van der Waals surface area contributed by atoms with Crippen LogP contribution in [-0.2, 0) is 25.0 Å². The number of unbranched alkanes of at least 4 members (excludes halogenated alkanes) is 2. The monoisotopic (exact) mass is 722 g/mol. The summed E-state index contributed by atoms with van der Waals surface area (Å²) in [6.07, 6.45) is 5.17. The Hall–Kier alpha value is -2.38. The third-order valence-corrected chi connectivity index (χ3v) is 10.8. The molecule has 5 unspecified atom stereocenters. The second kappa shape index (κ2) is 17.1. The molecule has 0 bridgehead atoms. The van der Waals surface area contributed by atoms with Crippen molar-refractivity contribution in [1.82, 2.24) is 20.0 Å². The molecule has 2 saturated carbocycles. The standard InChI is InChI=1S/C27H40Cl2N8O7S2/c1-18(38)33-25-14-21(36(8-2-4-10-45(39,40)41)9-3-5-11-46(42,43)44)6-7-24(25)34-35-27-20(16-31)17-32-37(27)26-22(28)12-19(15-30)13-23(26)29/h17,19,21-26H,2-14H2,1H3,(H,33,38)(H,39,40,41)(H,42,43,44). The van der Waals surface area contributed by atoms with E-state index in [0.29, 0.717) is 58.0 Å². The summed E-state index contributed by atoms with van der Waals surface area (Å²) < 4.78 is 64.4. The summed E-state index contributed by atoms with van der Waals surface area (Å²) in [5, 5.41) is 34.3. The number of alkyl halides is 2. The largest absolute Gasteiger partial charge is 0.351 e. The van der Waals surface area contributed by atoms with Crippen molar-refractivity contribution in [3.8, 4) is 12.1 Å². The quantitative estimate of drug-likeness (QED) is 0.102. The van der Waals surface area contributed by atoms with Crippen molar-refractivity contribution in [1.29, 1.82) is 10.5 Å². The zero-order valence-corrected chi connectivity index (χ0v) is 28.6. The van der Waals surface area contributed by atoms with E-state index in [4.69, 9.17) is 32.3 Å². The smallest absolute Gasteiger partial charge is 0.264 e. The van der Waals surface area contributed by atoms with Crippen molar-refractivity contribution < 1.29 is 30.7 Å². The van der Waals surface area contributed by atoms with E-state index < -0.39 is 49.1 Å². The van der Waals surface area contributed by atoms with Gasteiger partial charge in [0.25, 0.3) is 20.2 Å². The van der Waals surface area contributed by atoms with Crippen LogP contribution in [0.2, 0.25) is 0 Å². The lowest BCUT2D eigenvalue weighted by Gasteiger charge is -2.40. The maximum Gasteiger partial charge on any atom is 0.264 e. The third-order valence-electron chi connectivity index (χ3n) is 8.30. The summed E-state index contributed by atoms with van der Waals surface area (Å²) >= 11 is 13.3. The number of amides is 1. The van der Waals surface area contributed by atoms with Crippen LogP contribution in [0.25, 0.3) is 0 Å². The van der Waals surface area contributed by atoms with Crippen molar-refractivity contribution in [2.75, 3.05) is 24.6 Å². The first-order valence-electron chi connectivity index (χ1n) is 15.1. The van der Waals surface area contributed by atoms with Gasteiger partial charge >= 0.3 is 0 Å². The number of aromatic nitrogens is 2. The molecule has 256 valence electrons. The van der Waals surface area contributed by atoms with E-state index >= 15 is 0 Å². The van der Waals surface area contributed by atoms with E-state index in [2.05, 4.69) is 37.7 Å². The number of halogens is 2. The highest BCUT2D eigenvalue weighted by atomic mass is 35.5. The van der Waals surface area contributed by atoms with Gasteiger partial charge in [-0.2, -0.15) is 37.6 Å². The predicted molar refractivity (Wildman–Crippen MR) is 170 cm³/mol. The van der Waals surface area contributed by atoms with Crippen LogP contribution in [0.15, 0.2) is 16.4 Å². The molecule has 2 aliphatic rings. The number of hydrogen-bond acceptors (Lipinski definition) is 11. The molecule has 1 heterocycles. The first kappa shape index (κ1) is 38.1. The lowest BCUT2D eigenvalue weighted by Crippen LogP contribution is -2.51. The van der Waals surface area contributed by atoms with E-state index in [1.807, 2.05) is 0 Å². The molecule has 15 nitrogen and oxygen atoms in total. The Kier molecular flexibility index (Phi) is 14.2. The first-order valence-corrected chi connectivity index (χ1v) is 19.2. The fourth-order valence-electron chi connectivity index (χ4n) is 6.13. The second-order valence-electron chi connectivity index (χ2n) is 11.8. The number of nitrogens with one attached hydrogen (secondary N) is 1. The molecule has 0 aromatic carbocycles. The number of nitrogens with zero attached hydrogens (tertiary/aromatic N) is 7. The van der Waals surface area contributed by atoms with Gasteiger partial charge in [0.15, 0.2) is 5.82 Å². The predicted octanol–water partition coefficient (Wildman–Crippen LogP) is 3.59. The second-order valence-corrected chi connectivity index (χ2v) is 16.1. The van der Waals surface area contributed by atoms with Crippen LogP contribution < -0.4 is 5.32 Å². The Morgan fingerprint density at radius 3 is 2.13 bits per heavy atom. The zero-order chi connectivity index (χ0) is 34.1. The number of azo groups is 1. The van der Waals surface area contributed by atoms with Crippen LogP contribution >= 0.6 is 23.2 Å². The summed E-state index contributed by atoms with van der Waals surface area (Å²) in [6.45, 7) is 2.34. The molecule has 2 fully saturated rings. The molecule has 19 heteroatoms. The number of carbonyl (C=O) groups excluding carboxylic acids is 1. The lowest BCUT2D eigenvalue weighted by atomic mass is 9.86. The van der Waals surface area contributed by atoms with Crippen LogP contribution in [0.5, 0.6) is 0 Å². The molecule has 1 aromatic heterocycles. The maximum absolute atomic E-state index is 12.2. The number of nitriles is 2. The summed E-state index contributed by atoms with van der Waals surface area (Å²) in [5.74, 6) is -1.13. The molecular weight excluding hydrogens is 683 g/mol. The van der Waals surface area contributed by atoms with E-state index in [-0.39, 0.29) is 53.6 Å². The van der Waals surface area contributed by atoms with Crippen molar-refractivity contribution >= 4 is 55.2 Å². The molecule has 0 radical (unpaired) electrons. The van der Waals surface area contributed by atoms with Gasteiger partial charge in [-0.25, -0.2) is 4.68 Å². The van der Waals surface area contributed by atoms with E-state index in [1.54, 1.807) is 0 Å². The Bertz CT molecular complexity index is 1470. The lowest BCUT2D eigenvalue weighted by molar-refractivity contribution is -0.120. The summed E-state index contributed by atoms with van der Waals surface area (Å²) in [7, 11) is -8.20. The summed E-state index contributed by atoms with van der Waals surface area (Å²) in [6, 6.07) is 2.79. The van der Waals surface area contributed by atoms with Crippen molar-refractivity contribution in [3.63, 3.8) is 0 Å². The van der Waals surface area contributed by atoms with E-state index in [1.165, 1.54) is 17.8 Å². The average Bonchev–Trinajstić information content (AvgIpc) is 3.36. The first-order chi connectivity index (χ1) is 21.6. The molecule has 3 rings (SSSR count). The normalized spacial score (nSPS) is 27.3. The van der Waals surface area contributed by atoms with Gasteiger partial charge in [0.05, 0.1) is 52.7 Å². The van der Waals surface area contributed by atoms with Gasteiger partial charge in [0.2, 0.25) is 5.91 Å². The van der Waals surface area contributed by atoms with Gasteiger partial charge in [-0.15, -0.1) is 28.3 Å². The minimum absolute atomic E-state index is 0.0655. The zero-order valence-electron chi connectivity index (χ0n) is 25.4. The maximum atomic E-state index is 12.2. The number of rotatable bonds is 15. The van der Waals surface area contributed by atoms with Gasteiger partial charge in [-0.1, -0.05) is 0 Å². The van der Waals surface area contributed by atoms with E-state index in [0.717, 1.165) is 0 Å². The Labute approximate surface area is 279 Å². The Balaban J connectivity index is 1.79. The van der Waals surface area contributed by atoms with Gasteiger partial charge in [-0.3, -0.25) is 13.9 Å². The molecule has 1 aromatic rings. The molecular formula is C27H40Cl2N8O7S2. The van der Waals surface area contributed by atoms with Gasteiger partial charge < -0.3 is 10.2 Å². The average molecular weight is 724 g/mol. The molecule has 5 atom stereocenters. The molecule has 2 aliphatic carbocycles. The fourth-order valence-corrected chi connectivity index (χ4v) is 8.34. The molecule has 46 heavy (non-hydrogen) atoms. The highest BCUT2D eigenvalue weighted by Crippen LogP contribution is 2.41. The van der Waals surface area contributed by atoms with Crippen LogP contribution in [0.4, 0.5) is 5.82 Å². The van der Waals surface area contributed by atoms with Gasteiger partial charge in [0.1, 0.15) is 11.6 Å². The third kappa shape index (κ3) is 11.7. The van der Waals surface area contributed by atoms with Crippen molar-refractivity contribution in [2.45, 2.75) is 99.6 Å². The Morgan fingerprint density at radius 2 is 1.63 bits per heavy atom. The summed E-state index contributed by atoms with van der Waals surface area (Å²) in [5.41, 5.74) is 0.171. The number of carbonyl (C=O) groups is 1. The van der Waals surface area contributed by atoms with E-state index in [9.17, 15) is 32.2 Å². The van der Waals surface area contributed by atoms with Crippen LogP contribution in [0.3, 0.4) is 0 Å². The van der Waals surface area contributed by atoms with Crippen LogP contribution in [-0.4, -0.2) is 100 Å². The highest BCUT2D eigenvalue weighted by molar-refractivity contribution is 7.86. The topological polar surface area (TPSA) is 231 Å². The molecule has 0 saturated heterocycles. The molecule has 0 spiro atoms. The summed E-state index contributed by atoms with van der Waals surface area (Å²) in [4.78, 5) is 14.3. The van der Waals surface area contributed by atoms with Crippen molar-refractivity contribution in [2.24, 2.45) is 16.1 Å². The molecule has 3 N–H and O–H groups in total.